The molecule has 2 amide bonds. The van der Waals surface area contributed by atoms with E-state index in [2.05, 4.69) is 5.16 Å². The van der Waals surface area contributed by atoms with Crippen molar-refractivity contribution in [2.45, 2.75) is 13.8 Å². The molecule has 1 aliphatic rings. The minimum absolute atomic E-state index is 0.205. The number of hydrogen-bond donors (Lipinski definition) is 0. The van der Waals surface area contributed by atoms with Gasteiger partial charge in [-0.25, -0.2) is 9.69 Å². The van der Waals surface area contributed by atoms with Crippen molar-refractivity contribution >= 4 is 17.8 Å². The number of esters is 1. The summed E-state index contributed by atoms with van der Waals surface area (Å²) in [7, 11) is 0. The Morgan fingerprint density at radius 1 is 1.18 bits per heavy atom. The Morgan fingerprint density at radius 2 is 1.77 bits per heavy atom. The lowest BCUT2D eigenvalue weighted by Gasteiger charge is -2.13. The molecule has 0 radical (unpaired) electrons. The second kappa shape index (κ2) is 5.10. The summed E-state index contributed by atoms with van der Waals surface area (Å²) in [5.74, 6) is -1.32. The molecular weight excluding hydrogens is 288 g/mol. The highest BCUT2D eigenvalue weighted by atomic mass is 16.5. The van der Waals surface area contributed by atoms with Crippen molar-refractivity contribution in [3.05, 3.63) is 52.4 Å². The number of carbonyl (C=O) groups excluding carboxylic acids is 3. The van der Waals surface area contributed by atoms with Crippen molar-refractivity contribution in [3.8, 4) is 0 Å². The van der Waals surface area contributed by atoms with E-state index >= 15 is 0 Å². The highest BCUT2D eigenvalue weighted by Crippen LogP contribution is 2.22. The van der Waals surface area contributed by atoms with Crippen LogP contribution in [0.1, 0.15) is 42.5 Å². The van der Waals surface area contributed by atoms with E-state index in [4.69, 9.17) is 9.26 Å². The van der Waals surface area contributed by atoms with Crippen LogP contribution in [0, 0.1) is 13.8 Å². The molecule has 0 fully saturated rings. The summed E-state index contributed by atoms with van der Waals surface area (Å²) in [6.07, 6.45) is 0. The number of imide groups is 1. The summed E-state index contributed by atoms with van der Waals surface area (Å²) < 4.78 is 9.93. The number of hydrogen-bond acceptors (Lipinski definition) is 6. The van der Waals surface area contributed by atoms with Gasteiger partial charge in [-0.15, -0.1) is 0 Å². The highest BCUT2D eigenvalue weighted by Gasteiger charge is 2.36. The monoisotopic (exact) mass is 300 g/mol. The van der Waals surface area contributed by atoms with Crippen LogP contribution in [0.25, 0.3) is 0 Å². The predicted molar refractivity (Wildman–Crippen MR) is 73.2 cm³/mol. The minimum atomic E-state index is -0.687. The standard InChI is InChI=1S/C15H12N2O5/c1-8-12(9(2)22-16-8)15(20)21-7-17-13(18)10-5-3-4-6-11(10)14(17)19/h3-6H,7H2,1-2H3. The Labute approximate surface area is 125 Å². The predicted octanol–water partition coefficient (Wildman–Crippen LogP) is 1.70. The second-order valence-corrected chi connectivity index (χ2v) is 4.84. The molecule has 0 spiro atoms. The Morgan fingerprint density at radius 3 is 2.27 bits per heavy atom. The number of nitrogens with zero attached hydrogens (tertiary/aromatic N) is 2. The molecule has 7 nitrogen and oxygen atoms in total. The normalized spacial score (nSPS) is 13.5. The van der Waals surface area contributed by atoms with E-state index in [1.807, 2.05) is 0 Å². The van der Waals surface area contributed by atoms with Crippen molar-refractivity contribution in [1.82, 2.24) is 10.1 Å². The number of amides is 2. The molecular formula is C15H12N2O5. The summed E-state index contributed by atoms with van der Waals surface area (Å²) in [6, 6.07) is 6.46. The molecule has 1 aliphatic heterocycles. The van der Waals surface area contributed by atoms with Gasteiger partial charge >= 0.3 is 5.97 Å². The number of rotatable bonds is 3. The topological polar surface area (TPSA) is 89.7 Å². The first-order chi connectivity index (χ1) is 10.5. The van der Waals surface area contributed by atoms with Crippen LogP contribution in [0.15, 0.2) is 28.8 Å². The van der Waals surface area contributed by atoms with Crippen molar-refractivity contribution < 1.29 is 23.6 Å². The van der Waals surface area contributed by atoms with Gasteiger partial charge in [-0.05, 0) is 26.0 Å². The number of ether oxygens (including phenoxy) is 1. The molecule has 0 bridgehead atoms. The fourth-order valence-electron chi connectivity index (χ4n) is 2.33. The van der Waals surface area contributed by atoms with Crippen LogP contribution in [0.4, 0.5) is 0 Å². The molecule has 1 aromatic carbocycles. The zero-order chi connectivity index (χ0) is 15.9. The Bertz CT molecular complexity index is 738. The quantitative estimate of drug-likeness (QED) is 0.633. The minimum Gasteiger partial charge on any atom is -0.440 e. The van der Waals surface area contributed by atoms with Gasteiger partial charge < -0.3 is 9.26 Å². The number of benzene rings is 1. The summed E-state index contributed by atoms with van der Waals surface area (Å²) >= 11 is 0. The summed E-state index contributed by atoms with van der Waals surface area (Å²) in [6.45, 7) is 2.74. The first-order valence-corrected chi connectivity index (χ1v) is 6.56. The molecule has 7 heteroatoms. The molecule has 0 unspecified atom stereocenters. The molecule has 0 saturated carbocycles. The number of fused-ring (bicyclic) bond motifs is 1. The van der Waals surface area contributed by atoms with Gasteiger partial charge in [0.15, 0.2) is 6.73 Å². The van der Waals surface area contributed by atoms with Crippen molar-refractivity contribution in [3.63, 3.8) is 0 Å². The smallest absolute Gasteiger partial charge is 0.345 e. The van der Waals surface area contributed by atoms with Gasteiger partial charge in [0.05, 0.1) is 16.8 Å². The van der Waals surface area contributed by atoms with E-state index in [0.29, 0.717) is 22.6 Å². The lowest BCUT2D eigenvalue weighted by atomic mass is 10.1. The van der Waals surface area contributed by atoms with Gasteiger partial charge in [0.25, 0.3) is 11.8 Å². The van der Waals surface area contributed by atoms with Crippen molar-refractivity contribution in [2.75, 3.05) is 6.73 Å². The molecule has 112 valence electrons. The first kappa shape index (κ1) is 14.0. The van der Waals surface area contributed by atoms with E-state index in [0.717, 1.165) is 4.90 Å². The summed E-state index contributed by atoms with van der Waals surface area (Å²) in [4.78, 5) is 37.2. The van der Waals surface area contributed by atoms with Gasteiger partial charge in [0.2, 0.25) is 0 Å². The zero-order valence-corrected chi connectivity index (χ0v) is 12.0. The third-order valence-corrected chi connectivity index (χ3v) is 3.44. The Hall–Kier alpha value is -2.96. The lowest BCUT2D eigenvalue weighted by Crippen LogP contribution is -2.33. The van der Waals surface area contributed by atoms with Crippen LogP contribution in [0.5, 0.6) is 0 Å². The lowest BCUT2D eigenvalue weighted by molar-refractivity contribution is 0.0226. The van der Waals surface area contributed by atoms with Gasteiger partial charge in [-0.1, -0.05) is 17.3 Å². The fourth-order valence-corrected chi connectivity index (χ4v) is 2.33. The summed E-state index contributed by atoms with van der Waals surface area (Å²) in [5.41, 5.74) is 1.21. The second-order valence-electron chi connectivity index (χ2n) is 4.84. The Kier molecular flexibility index (Phi) is 3.25. The zero-order valence-electron chi connectivity index (χ0n) is 12.0. The number of aromatic nitrogens is 1. The number of carbonyl (C=O) groups is 3. The van der Waals surface area contributed by atoms with Crippen LogP contribution < -0.4 is 0 Å². The van der Waals surface area contributed by atoms with E-state index in [-0.39, 0.29) is 5.56 Å². The largest absolute Gasteiger partial charge is 0.440 e. The SMILES string of the molecule is Cc1noc(C)c1C(=O)OCN1C(=O)c2ccccc2C1=O. The van der Waals surface area contributed by atoms with E-state index in [9.17, 15) is 14.4 Å². The van der Waals surface area contributed by atoms with Crippen molar-refractivity contribution in [2.24, 2.45) is 0 Å². The van der Waals surface area contributed by atoms with Gasteiger partial charge in [-0.3, -0.25) is 9.59 Å². The van der Waals surface area contributed by atoms with Crippen LogP contribution >= 0.6 is 0 Å². The molecule has 1 aromatic heterocycles. The number of aryl methyl sites for hydroxylation is 2. The third kappa shape index (κ3) is 2.07. The van der Waals surface area contributed by atoms with Crippen LogP contribution in [0.3, 0.4) is 0 Å². The van der Waals surface area contributed by atoms with Gasteiger partial charge in [0.1, 0.15) is 11.3 Å². The first-order valence-electron chi connectivity index (χ1n) is 6.56. The average molecular weight is 300 g/mol. The van der Waals surface area contributed by atoms with E-state index < -0.39 is 24.5 Å². The molecule has 0 aliphatic carbocycles. The third-order valence-electron chi connectivity index (χ3n) is 3.44. The molecule has 0 N–H and O–H groups in total. The van der Waals surface area contributed by atoms with E-state index in [1.54, 1.807) is 38.1 Å². The maximum Gasteiger partial charge on any atom is 0.345 e. The molecule has 3 rings (SSSR count). The maximum absolute atomic E-state index is 12.1. The van der Waals surface area contributed by atoms with E-state index in [1.165, 1.54) is 0 Å². The van der Waals surface area contributed by atoms with Gasteiger partial charge in [0, 0.05) is 0 Å². The van der Waals surface area contributed by atoms with Crippen molar-refractivity contribution in [1.29, 1.82) is 0 Å². The fraction of sp³-hybridized carbons (Fsp3) is 0.200. The highest BCUT2D eigenvalue weighted by molar-refractivity contribution is 6.21. The van der Waals surface area contributed by atoms with Crippen LogP contribution in [-0.2, 0) is 4.74 Å². The van der Waals surface area contributed by atoms with Crippen LogP contribution in [-0.4, -0.2) is 34.6 Å². The van der Waals surface area contributed by atoms with Crippen LogP contribution in [0.2, 0.25) is 0 Å². The summed E-state index contributed by atoms with van der Waals surface area (Å²) in [5, 5.41) is 3.66. The molecule has 22 heavy (non-hydrogen) atoms. The maximum atomic E-state index is 12.1. The Balaban J connectivity index is 1.75. The molecule has 2 aromatic rings. The molecule has 0 saturated heterocycles. The molecule has 0 atom stereocenters. The average Bonchev–Trinajstić information content (AvgIpc) is 2.96. The van der Waals surface area contributed by atoms with Gasteiger partial charge in [-0.2, -0.15) is 0 Å². The molecule has 2 heterocycles.